The number of carboxylic acids is 1. The molecule has 0 aliphatic carbocycles. The Morgan fingerprint density at radius 1 is 0.897 bits per heavy atom. The fourth-order valence-corrected chi connectivity index (χ4v) is 2.35. The van der Waals surface area contributed by atoms with Gasteiger partial charge in [-0.05, 0) is 18.8 Å². The number of carboxylic acid groups (broad SMARTS) is 1. The minimum atomic E-state index is -1.53. The van der Waals surface area contributed by atoms with E-state index >= 15 is 0 Å². The molecular weight excluding hydrogens is 384 g/mol. The van der Waals surface area contributed by atoms with E-state index in [2.05, 4.69) is 16.0 Å². The zero-order valence-corrected chi connectivity index (χ0v) is 17.5. The molecule has 0 aromatic rings. The predicted molar refractivity (Wildman–Crippen MR) is 104 cm³/mol. The molecule has 0 aliphatic heterocycles. The topological polar surface area (TPSA) is 191 Å². The van der Waals surface area contributed by atoms with Gasteiger partial charge < -0.3 is 37.0 Å². The molecule has 3 amide bonds. The van der Waals surface area contributed by atoms with Gasteiger partial charge in [0.25, 0.3) is 0 Å². The number of aliphatic hydroxyl groups is 2. The van der Waals surface area contributed by atoms with Gasteiger partial charge in [-0.2, -0.15) is 0 Å². The summed E-state index contributed by atoms with van der Waals surface area (Å²) in [5, 5.41) is 35.0. The molecule has 0 aromatic carbocycles. The summed E-state index contributed by atoms with van der Waals surface area (Å²) in [7, 11) is 0. The van der Waals surface area contributed by atoms with Crippen LogP contribution in [-0.4, -0.2) is 75.9 Å². The number of carbonyl (C=O) groups is 4. The highest BCUT2D eigenvalue weighted by Crippen LogP contribution is 2.10. The Morgan fingerprint density at radius 3 is 1.76 bits per heavy atom. The maximum atomic E-state index is 12.7. The van der Waals surface area contributed by atoms with Crippen LogP contribution in [0.15, 0.2) is 0 Å². The molecule has 0 aromatic heterocycles. The number of amides is 3. The zero-order chi connectivity index (χ0) is 22.9. The van der Waals surface area contributed by atoms with Gasteiger partial charge >= 0.3 is 5.97 Å². The average Bonchev–Trinajstić information content (AvgIpc) is 2.65. The Labute approximate surface area is 170 Å². The summed E-state index contributed by atoms with van der Waals surface area (Å²) in [6.07, 6.45) is -0.803. The molecule has 0 fully saturated rings. The van der Waals surface area contributed by atoms with Crippen LogP contribution in [-0.2, 0) is 19.2 Å². The van der Waals surface area contributed by atoms with Crippen LogP contribution in [0.4, 0.5) is 0 Å². The number of carbonyl (C=O) groups excluding carboxylic acids is 3. The van der Waals surface area contributed by atoms with Gasteiger partial charge in [0.2, 0.25) is 17.7 Å². The SMILES string of the molecule is CCC(C)C(NC(=O)C(NC(=O)C(N)C(C)C)C(C)O)C(=O)NC(CO)C(=O)O. The van der Waals surface area contributed by atoms with Crippen LogP contribution in [0.1, 0.15) is 41.0 Å². The van der Waals surface area contributed by atoms with E-state index in [1.54, 1.807) is 27.7 Å². The fourth-order valence-electron chi connectivity index (χ4n) is 2.35. The van der Waals surface area contributed by atoms with Gasteiger partial charge in [-0.1, -0.05) is 34.1 Å². The Bertz CT molecular complexity index is 583. The molecule has 11 nitrogen and oxygen atoms in total. The van der Waals surface area contributed by atoms with E-state index in [1.807, 2.05) is 0 Å². The lowest BCUT2D eigenvalue weighted by atomic mass is 9.97. The molecular formula is C18H34N4O7. The predicted octanol–water partition coefficient (Wildman–Crippen LogP) is -2.07. The number of hydrogen-bond acceptors (Lipinski definition) is 7. The summed E-state index contributed by atoms with van der Waals surface area (Å²) in [4.78, 5) is 48.4. The number of hydrogen-bond donors (Lipinski definition) is 7. The average molecular weight is 418 g/mol. The third-order valence-corrected chi connectivity index (χ3v) is 4.67. The third kappa shape index (κ3) is 8.34. The molecule has 0 spiro atoms. The van der Waals surface area contributed by atoms with Crippen LogP contribution in [0.5, 0.6) is 0 Å². The molecule has 6 unspecified atom stereocenters. The van der Waals surface area contributed by atoms with Crippen molar-refractivity contribution in [3.63, 3.8) is 0 Å². The van der Waals surface area contributed by atoms with E-state index < -0.39 is 66.5 Å². The van der Waals surface area contributed by atoms with E-state index in [1.165, 1.54) is 6.92 Å². The highest BCUT2D eigenvalue weighted by molar-refractivity contribution is 5.94. The van der Waals surface area contributed by atoms with Crippen LogP contribution >= 0.6 is 0 Å². The first kappa shape index (κ1) is 26.8. The maximum Gasteiger partial charge on any atom is 0.328 e. The number of aliphatic carboxylic acids is 1. The zero-order valence-electron chi connectivity index (χ0n) is 17.5. The van der Waals surface area contributed by atoms with Crippen molar-refractivity contribution in [3.05, 3.63) is 0 Å². The Balaban J connectivity index is 5.42. The van der Waals surface area contributed by atoms with Crippen LogP contribution in [0.25, 0.3) is 0 Å². The normalized spacial score (nSPS) is 17.4. The van der Waals surface area contributed by atoms with Crippen LogP contribution < -0.4 is 21.7 Å². The van der Waals surface area contributed by atoms with Crippen molar-refractivity contribution in [1.82, 2.24) is 16.0 Å². The molecule has 0 rings (SSSR count). The van der Waals surface area contributed by atoms with E-state index in [0.29, 0.717) is 6.42 Å². The van der Waals surface area contributed by atoms with Crippen molar-refractivity contribution in [2.75, 3.05) is 6.61 Å². The van der Waals surface area contributed by atoms with Crippen molar-refractivity contribution >= 4 is 23.7 Å². The second-order valence-electron chi connectivity index (χ2n) is 7.45. The highest BCUT2D eigenvalue weighted by atomic mass is 16.4. The van der Waals surface area contributed by atoms with E-state index in [9.17, 15) is 24.3 Å². The van der Waals surface area contributed by atoms with Crippen molar-refractivity contribution in [1.29, 1.82) is 0 Å². The van der Waals surface area contributed by atoms with Gasteiger partial charge in [-0.3, -0.25) is 14.4 Å². The lowest BCUT2D eigenvalue weighted by Crippen LogP contribution is -2.61. The molecule has 0 saturated carbocycles. The van der Waals surface area contributed by atoms with Gasteiger partial charge in [0.15, 0.2) is 0 Å². The van der Waals surface area contributed by atoms with E-state index in [0.717, 1.165) is 0 Å². The van der Waals surface area contributed by atoms with Crippen molar-refractivity contribution in [3.8, 4) is 0 Å². The first-order chi connectivity index (χ1) is 13.4. The first-order valence-electron chi connectivity index (χ1n) is 9.55. The lowest BCUT2D eigenvalue weighted by Gasteiger charge is -2.29. The number of rotatable bonds is 12. The Morgan fingerprint density at radius 2 is 1.38 bits per heavy atom. The van der Waals surface area contributed by atoms with Crippen molar-refractivity contribution < 1.29 is 34.5 Å². The maximum absolute atomic E-state index is 12.7. The van der Waals surface area contributed by atoms with E-state index in [4.69, 9.17) is 15.9 Å². The van der Waals surface area contributed by atoms with Crippen LogP contribution in [0.2, 0.25) is 0 Å². The van der Waals surface area contributed by atoms with E-state index in [-0.39, 0.29) is 5.92 Å². The number of nitrogens with two attached hydrogens (primary N) is 1. The van der Waals surface area contributed by atoms with Crippen LogP contribution in [0, 0.1) is 11.8 Å². The minimum Gasteiger partial charge on any atom is -0.480 e. The van der Waals surface area contributed by atoms with Gasteiger partial charge in [0.1, 0.15) is 18.1 Å². The standard InChI is InChI=1S/C18H34N4O7/c1-6-9(4)13(16(26)20-11(7-23)18(28)29)21-17(27)14(10(5)24)22-15(25)12(19)8(2)3/h8-14,23-24H,6-7,19H2,1-5H3,(H,20,26)(H,21,27)(H,22,25)(H,28,29). The molecule has 0 heterocycles. The first-order valence-corrected chi connectivity index (χ1v) is 9.55. The third-order valence-electron chi connectivity index (χ3n) is 4.67. The summed E-state index contributed by atoms with van der Waals surface area (Å²) in [5.74, 6) is -4.26. The summed E-state index contributed by atoms with van der Waals surface area (Å²) >= 11 is 0. The number of aliphatic hydroxyl groups excluding tert-OH is 2. The fraction of sp³-hybridized carbons (Fsp3) is 0.778. The van der Waals surface area contributed by atoms with Gasteiger partial charge in [-0.15, -0.1) is 0 Å². The summed E-state index contributed by atoms with van der Waals surface area (Å²) < 4.78 is 0. The van der Waals surface area contributed by atoms with Gasteiger partial charge in [-0.25, -0.2) is 4.79 Å². The smallest absolute Gasteiger partial charge is 0.328 e. The Kier molecular flexibility index (Phi) is 11.4. The molecule has 168 valence electrons. The second-order valence-corrected chi connectivity index (χ2v) is 7.45. The summed E-state index contributed by atoms with van der Waals surface area (Å²) in [5.41, 5.74) is 5.76. The van der Waals surface area contributed by atoms with Crippen LogP contribution in [0.3, 0.4) is 0 Å². The quantitative estimate of drug-likeness (QED) is 0.188. The van der Waals surface area contributed by atoms with Gasteiger partial charge in [0, 0.05) is 0 Å². The summed E-state index contributed by atoms with van der Waals surface area (Å²) in [6.45, 7) is 7.38. The second kappa shape index (κ2) is 12.3. The molecule has 0 bridgehead atoms. The molecule has 0 radical (unpaired) electrons. The lowest BCUT2D eigenvalue weighted by molar-refractivity contribution is -0.143. The Hall–Kier alpha value is -2.24. The molecule has 11 heteroatoms. The highest BCUT2D eigenvalue weighted by Gasteiger charge is 2.34. The van der Waals surface area contributed by atoms with Crippen molar-refractivity contribution in [2.45, 2.75) is 71.3 Å². The minimum absolute atomic E-state index is 0.196. The largest absolute Gasteiger partial charge is 0.480 e. The van der Waals surface area contributed by atoms with Gasteiger partial charge in [0.05, 0.1) is 18.8 Å². The molecule has 6 atom stereocenters. The molecule has 0 aliphatic rings. The number of nitrogens with one attached hydrogen (secondary N) is 3. The molecule has 0 saturated heterocycles. The molecule has 8 N–H and O–H groups in total. The monoisotopic (exact) mass is 418 g/mol. The summed E-state index contributed by atoms with van der Waals surface area (Å²) in [6, 6.07) is -4.92. The molecule has 29 heavy (non-hydrogen) atoms. The van der Waals surface area contributed by atoms with Crippen molar-refractivity contribution in [2.24, 2.45) is 17.6 Å².